The zero-order valence-corrected chi connectivity index (χ0v) is 12.9. The molecule has 0 radical (unpaired) electrons. The molecule has 0 unspecified atom stereocenters. The Morgan fingerprint density at radius 2 is 2.21 bits per heavy atom. The van der Waals surface area contributed by atoms with E-state index in [1.165, 1.54) is 25.7 Å². The van der Waals surface area contributed by atoms with E-state index in [-0.39, 0.29) is 5.91 Å². The molecule has 0 saturated heterocycles. The van der Waals surface area contributed by atoms with E-state index in [4.69, 9.17) is 0 Å². The maximum absolute atomic E-state index is 12.2. The Balaban J connectivity index is 1.59. The normalized spacial score (nSPS) is 28.6. The summed E-state index contributed by atoms with van der Waals surface area (Å²) in [6.07, 6.45) is 6.10. The number of amides is 1. The molecule has 3 rings (SSSR count). The number of hydrogen-bond acceptors (Lipinski definition) is 1. The number of halogens is 1. The van der Waals surface area contributed by atoms with Crippen molar-refractivity contribution in [2.75, 3.05) is 5.32 Å². The molecule has 2 bridgehead atoms. The number of anilines is 1. The van der Waals surface area contributed by atoms with Crippen molar-refractivity contribution in [2.45, 2.75) is 39.0 Å². The average molecular weight is 322 g/mol. The highest BCUT2D eigenvalue weighted by Crippen LogP contribution is 2.49. The van der Waals surface area contributed by atoms with E-state index in [1.54, 1.807) is 0 Å². The van der Waals surface area contributed by atoms with Gasteiger partial charge in [-0.2, -0.15) is 0 Å². The van der Waals surface area contributed by atoms with Crippen molar-refractivity contribution < 1.29 is 4.79 Å². The molecule has 0 aliphatic heterocycles. The van der Waals surface area contributed by atoms with E-state index in [9.17, 15) is 4.79 Å². The minimum absolute atomic E-state index is 0.183. The summed E-state index contributed by atoms with van der Waals surface area (Å²) in [5.41, 5.74) is 2.05. The molecule has 2 nitrogen and oxygen atoms in total. The Labute approximate surface area is 123 Å². The Morgan fingerprint density at radius 3 is 2.84 bits per heavy atom. The zero-order valence-electron chi connectivity index (χ0n) is 11.3. The van der Waals surface area contributed by atoms with Crippen LogP contribution in [0.25, 0.3) is 0 Å². The molecule has 0 spiro atoms. The van der Waals surface area contributed by atoms with Gasteiger partial charge in [-0.15, -0.1) is 0 Å². The quantitative estimate of drug-likeness (QED) is 0.871. The minimum Gasteiger partial charge on any atom is -0.326 e. The Morgan fingerprint density at radius 1 is 1.37 bits per heavy atom. The predicted octanol–water partition coefficient (Wildman–Crippen LogP) is 4.52. The molecule has 0 heterocycles. The van der Waals surface area contributed by atoms with E-state index in [0.717, 1.165) is 27.6 Å². The standard InChI is InChI=1S/C16H20BrNO/c1-10-6-14(17)4-5-15(10)18-16(19)9-13-8-11-2-3-12(13)7-11/h4-6,11-13H,2-3,7-9H2,1H3,(H,18,19)/t11-,12+,13+/m0/s1. The van der Waals surface area contributed by atoms with Crippen LogP contribution in [0.1, 0.15) is 37.7 Å². The lowest BCUT2D eigenvalue weighted by Crippen LogP contribution is -2.20. The van der Waals surface area contributed by atoms with Gasteiger partial charge < -0.3 is 5.32 Å². The fourth-order valence-electron chi connectivity index (χ4n) is 3.83. The third kappa shape index (κ3) is 2.86. The van der Waals surface area contributed by atoms with E-state index in [2.05, 4.69) is 21.2 Å². The summed E-state index contributed by atoms with van der Waals surface area (Å²) in [7, 11) is 0. The van der Waals surface area contributed by atoms with Crippen molar-refractivity contribution in [1.82, 2.24) is 0 Å². The number of nitrogens with one attached hydrogen (secondary N) is 1. The summed E-state index contributed by atoms with van der Waals surface area (Å²) >= 11 is 3.44. The monoisotopic (exact) mass is 321 g/mol. The molecule has 3 atom stereocenters. The second-order valence-corrected chi connectivity index (χ2v) is 7.06. The topological polar surface area (TPSA) is 29.1 Å². The average Bonchev–Trinajstić information content (AvgIpc) is 2.95. The molecule has 19 heavy (non-hydrogen) atoms. The summed E-state index contributed by atoms with van der Waals surface area (Å²) in [4.78, 5) is 12.2. The summed E-state index contributed by atoms with van der Waals surface area (Å²) in [6.45, 7) is 2.03. The van der Waals surface area contributed by atoms with Gasteiger partial charge in [-0.3, -0.25) is 4.79 Å². The summed E-state index contributed by atoms with van der Waals surface area (Å²) in [5.74, 6) is 2.55. The van der Waals surface area contributed by atoms with Crippen molar-refractivity contribution in [3.63, 3.8) is 0 Å². The molecule has 2 aliphatic carbocycles. The molecule has 1 aromatic carbocycles. The molecular formula is C16H20BrNO. The number of carbonyl (C=O) groups excluding carboxylic acids is 1. The fraction of sp³-hybridized carbons (Fsp3) is 0.562. The number of fused-ring (bicyclic) bond motifs is 2. The van der Waals surface area contributed by atoms with Crippen molar-refractivity contribution in [2.24, 2.45) is 17.8 Å². The van der Waals surface area contributed by atoms with Crippen LogP contribution in [0.15, 0.2) is 22.7 Å². The summed E-state index contributed by atoms with van der Waals surface area (Å²) in [5, 5.41) is 3.06. The van der Waals surface area contributed by atoms with Gasteiger partial charge in [0.1, 0.15) is 0 Å². The minimum atomic E-state index is 0.183. The van der Waals surface area contributed by atoms with E-state index < -0.39 is 0 Å². The predicted molar refractivity (Wildman–Crippen MR) is 81.1 cm³/mol. The third-order valence-corrected chi connectivity index (χ3v) is 5.29. The summed E-state index contributed by atoms with van der Waals surface area (Å²) < 4.78 is 1.05. The van der Waals surface area contributed by atoms with Crippen molar-refractivity contribution in [1.29, 1.82) is 0 Å². The molecule has 3 heteroatoms. The molecule has 102 valence electrons. The molecule has 1 N–H and O–H groups in total. The van der Waals surface area contributed by atoms with Crippen LogP contribution in [-0.2, 0) is 4.79 Å². The largest absolute Gasteiger partial charge is 0.326 e. The van der Waals surface area contributed by atoms with Gasteiger partial charge in [-0.25, -0.2) is 0 Å². The SMILES string of the molecule is Cc1cc(Br)ccc1NC(=O)C[C@H]1C[C@H]2CC[C@@H]1C2. The highest BCUT2D eigenvalue weighted by Gasteiger charge is 2.40. The lowest BCUT2D eigenvalue weighted by molar-refractivity contribution is -0.117. The first kappa shape index (κ1) is 13.2. The van der Waals surface area contributed by atoms with Gasteiger partial charge >= 0.3 is 0 Å². The van der Waals surface area contributed by atoms with E-state index in [1.807, 2.05) is 25.1 Å². The molecule has 1 aromatic rings. The number of aryl methyl sites for hydroxylation is 1. The fourth-order valence-corrected chi connectivity index (χ4v) is 4.31. The molecule has 0 aromatic heterocycles. The van der Waals surface area contributed by atoms with Crippen molar-refractivity contribution >= 4 is 27.5 Å². The number of carbonyl (C=O) groups is 1. The van der Waals surface area contributed by atoms with Crippen LogP contribution >= 0.6 is 15.9 Å². The van der Waals surface area contributed by atoms with Crippen LogP contribution in [0, 0.1) is 24.7 Å². The highest BCUT2D eigenvalue weighted by molar-refractivity contribution is 9.10. The van der Waals surface area contributed by atoms with Crippen LogP contribution in [-0.4, -0.2) is 5.91 Å². The smallest absolute Gasteiger partial charge is 0.224 e. The van der Waals surface area contributed by atoms with Gasteiger partial charge in [0.05, 0.1) is 0 Å². The molecule has 2 aliphatic rings. The maximum Gasteiger partial charge on any atom is 0.224 e. The summed E-state index contributed by atoms with van der Waals surface area (Å²) in [6, 6.07) is 5.98. The molecular weight excluding hydrogens is 302 g/mol. The van der Waals surface area contributed by atoms with Gasteiger partial charge in [0.25, 0.3) is 0 Å². The zero-order chi connectivity index (χ0) is 13.4. The van der Waals surface area contributed by atoms with Gasteiger partial charge in [-0.1, -0.05) is 22.4 Å². The second-order valence-electron chi connectivity index (χ2n) is 6.15. The van der Waals surface area contributed by atoms with Gasteiger partial charge in [0.2, 0.25) is 5.91 Å². The Kier molecular flexibility index (Phi) is 3.66. The Bertz CT molecular complexity index is 500. The molecule has 2 fully saturated rings. The lowest BCUT2D eigenvalue weighted by atomic mass is 9.86. The van der Waals surface area contributed by atoms with Crippen molar-refractivity contribution in [3.8, 4) is 0 Å². The van der Waals surface area contributed by atoms with Crippen LogP contribution < -0.4 is 5.32 Å². The van der Waals surface area contributed by atoms with Crippen LogP contribution in [0.3, 0.4) is 0 Å². The van der Waals surface area contributed by atoms with E-state index in [0.29, 0.717) is 12.3 Å². The number of benzene rings is 1. The van der Waals surface area contributed by atoms with Crippen LogP contribution in [0.5, 0.6) is 0 Å². The lowest BCUT2D eigenvalue weighted by Gasteiger charge is -2.21. The first-order chi connectivity index (χ1) is 9.11. The molecule has 1 amide bonds. The first-order valence-electron chi connectivity index (χ1n) is 7.18. The number of rotatable bonds is 3. The number of hydrogen-bond donors (Lipinski definition) is 1. The molecule has 2 saturated carbocycles. The van der Waals surface area contributed by atoms with Gasteiger partial charge in [0.15, 0.2) is 0 Å². The first-order valence-corrected chi connectivity index (χ1v) is 7.97. The van der Waals surface area contributed by atoms with Crippen LogP contribution in [0.4, 0.5) is 5.69 Å². The van der Waals surface area contributed by atoms with E-state index >= 15 is 0 Å². The highest BCUT2D eigenvalue weighted by atomic mass is 79.9. The Hall–Kier alpha value is -0.830. The van der Waals surface area contributed by atoms with Gasteiger partial charge in [0, 0.05) is 16.6 Å². The second kappa shape index (κ2) is 5.28. The third-order valence-electron chi connectivity index (χ3n) is 4.79. The van der Waals surface area contributed by atoms with Crippen LogP contribution in [0.2, 0.25) is 0 Å². The maximum atomic E-state index is 12.2. The van der Waals surface area contributed by atoms with Crippen molar-refractivity contribution in [3.05, 3.63) is 28.2 Å². The van der Waals surface area contributed by atoms with Gasteiger partial charge in [-0.05, 0) is 67.7 Å².